The first-order valence-electron chi connectivity index (χ1n) is 7.97. The third kappa shape index (κ3) is 7.52. The average Bonchev–Trinajstić information content (AvgIpc) is 2.43. The van der Waals surface area contributed by atoms with Crippen LogP contribution in [0, 0.1) is 5.92 Å². The Labute approximate surface area is 126 Å². The summed E-state index contributed by atoms with van der Waals surface area (Å²) in [6.07, 6.45) is 2.10. The van der Waals surface area contributed by atoms with Gasteiger partial charge in [-0.25, -0.2) is 0 Å². The Balaban J connectivity index is 4.38. The standard InChI is InChI=1S/C15H33NO3Si/c1-7-14(5)15(6)16-12-11-13-20(17-8-2,18-9-3)19-10-4/h14H,7-13H2,1-6H3. The molecular weight excluding hydrogens is 270 g/mol. The van der Waals surface area contributed by atoms with Gasteiger partial charge in [-0.2, -0.15) is 0 Å². The Morgan fingerprint density at radius 1 is 1.00 bits per heavy atom. The van der Waals surface area contributed by atoms with Gasteiger partial charge in [0.1, 0.15) is 0 Å². The summed E-state index contributed by atoms with van der Waals surface area (Å²) >= 11 is 0. The summed E-state index contributed by atoms with van der Waals surface area (Å²) in [5.74, 6) is 0.572. The number of aliphatic imine (C=N–C) groups is 1. The number of rotatable bonds is 12. The molecule has 0 aliphatic carbocycles. The maximum Gasteiger partial charge on any atom is 0.500 e. The van der Waals surface area contributed by atoms with Crippen LogP contribution in [0.5, 0.6) is 0 Å². The van der Waals surface area contributed by atoms with Crippen molar-refractivity contribution >= 4 is 14.5 Å². The van der Waals surface area contributed by atoms with Crippen molar-refractivity contribution in [2.24, 2.45) is 10.9 Å². The van der Waals surface area contributed by atoms with Gasteiger partial charge in [-0.05, 0) is 46.5 Å². The predicted octanol–water partition coefficient (Wildman–Crippen LogP) is 3.93. The average molecular weight is 304 g/mol. The lowest BCUT2D eigenvalue weighted by atomic mass is 10.0. The van der Waals surface area contributed by atoms with Crippen molar-refractivity contribution in [2.75, 3.05) is 26.4 Å². The second-order valence-corrected chi connectivity index (χ2v) is 7.65. The Kier molecular flexibility index (Phi) is 11.3. The van der Waals surface area contributed by atoms with Crippen LogP contribution in [0.1, 0.15) is 54.4 Å². The Hall–Kier alpha value is -0.233. The molecule has 120 valence electrons. The molecule has 0 heterocycles. The molecule has 0 fully saturated rings. The van der Waals surface area contributed by atoms with Gasteiger partial charge in [0, 0.05) is 38.1 Å². The zero-order valence-corrected chi connectivity index (χ0v) is 15.2. The molecule has 0 N–H and O–H groups in total. The van der Waals surface area contributed by atoms with Gasteiger partial charge in [0.2, 0.25) is 0 Å². The topological polar surface area (TPSA) is 40.0 Å². The molecular formula is C15H33NO3Si. The van der Waals surface area contributed by atoms with Gasteiger partial charge in [-0.3, -0.25) is 4.99 Å². The van der Waals surface area contributed by atoms with Gasteiger partial charge in [0.15, 0.2) is 0 Å². The molecule has 4 nitrogen and oxygen atoms in total. The molecule has 0 bridgehead atoms. The van der Waals surface area contributed by atoms with Gasteiger partial charge in [0.25, 0.3) is 0 Å². The molecule has 0 radical (unpaired) electrons. The molecule has 0 spiro atoms. The fourth-order valence-electron chi connectivity index (χ4n) is 2.00. The van der Waals surface area contributed by atoms with Gasteiger partial charge >= 0.3 is 8.80 Å². The Bertz CT molecular complexity index is 255. The van der Waals surface area contributed by atoms with E-state index < -0.39 is 8.80 Å². The van der Waals surface area contributed by atoms with E-state index in [1.165, 1.54) is 5.71 Å². The zero-order valence-electron chi connectivity index (χ0n) is 14.2. The van der Waals surface area contributed by atoms with Crippen molar-refractivity contribution in [1.29, 1.82) is 0 Å². The quantitative estimate of drug-likeness (QED) is 0.311. The zero-order chi connectivity index (χ0) is 15.4. The lowest BCUT2D eigenvalue weighted by Gasteiger charge is -2.28. The van der Waals surface area contributed by atoms with Crippen molar-refractivity contribution < 1.29 is 13.3 Å². The lowest BCUT2D eigenvalue weighted by molar-refractivity contribution is 0.0710. The summed E-state index contributed by atoms with van der Waals surface area (Å²) in [4.78, 5) is 4.65. The summed E-state index contributed by atoms with van der Waals surface area (Å²) < 4.78 is 17.5. The third-order valence-corrected chi connectivity index (χ3v) is 6.57. The summed E-state index contributed by atoms with van der Waals surface area (Å²) in [5, 5.41) is 0. The highest BCUT2D eigenvalue weighted by molar-refractivity contribution is 6.60. The summed E-state index contributed by atoms with van der Waals surface area (Å²) in [5.41, 5.74) is 1.24. The first-order valence-corrected chi connectivity index (χ1v) is 9.91. The van der Waals surface area contributed by atoms with Crippen LogP contribution in [0.4, 0.5) is 0 Å². The molecule has 1 atom stereocenters. The second kappa shape index (κ2) is 11.4. The third-order valence-electron chi connectivity index (χ3n) is 3.42. The van der Waals surface area contributed by atoms with E-state index in [1.807, 2.05) is 20.8 Å². The monoisotopic (exact) mass is 303 g/mol. The van der Waals surface area contributed by atoms with Crippen LogP contribution in [0.3, 0.4) is 0 Å². The highest BCUT2D eigenvalue weighted by atomic mass is 28.4. The molecule has 0 amide bonds. The fraction of sp³-hybridized carbons (Fsp3) is 0.933. The first kappa shape index (κ1) is 19.8. The second-order valence-electron chi connectivity index (χ2n) is 4.92. The van der Waals surface area contributed by atoms with E-state index in [9.17, 15) is 0 Å². The molecule has 1 unspecified atom stereocenters. The summed E-state index contributed by atoms with van der Waals surface area (Å²) in [7, 11) is -2.47. The number of hydrogen-bond donors (Lipinski definition) is 0. The van der Waals surface area contributed by atoms with E-state index in [0.717, 1.165) is 25.4 Å². The van der Waals surface area contributed by atoms with Gasteiger partial charge in [-0.15, -0.1) is 0 Å². The van der Waals surface area contributed by atoms with Gasteiger partial charge in [-0.1, -0.05) is 13.8 Å². The minimum Gasteiger partial charge on any atom is -0.374 e. The van der Waals surface area contributed by atoms with E-state index in [2.05, 4.69) is 25.8 Å². The molecule has 0 aromatic rings. The maximum atomic E-state index is 5.83. The normalized spacial score (nSPS) is 14.6. The van der Waals surface area contributed by atoms with Crippen molar-refractivity contribution in [3.8, 4) is 0 Å². The smallest absolute Gasteiger partial charge is 0.374 e. The van der Waals surface area contributed by atoms with E-state index in [4.69, 9.17) is 13.3 Å². The van der Waals surface area contributed by atoms with Crippen LogP contribution in [0.25, 0.3) is 0 Å². The van der Waals surface area contributed by atoms with Crippen molar-refractivity contribution in [3.63, 3.8) is 0 Å². The molecule has 0 saturated carbocycles. The summed E-state index contributed by atoms with van der Waals surface area (Å²) in [6, 6.07) is 0.847. The van der Waals surface area contributed by atoms with Crippen molar-refractivity contribution in [3.05, 3.63) is 0 Å². The van der Waals surface area contributed by atoms with E-state index in [1.54, 1.807) is 0 Å². The van der Waals surface area contributed by atoms with Crippen molar-refractivity contribution in [1.82, 2.24) is 0 Å². The number of nitrogens with zero attached hydrogens (tertiary/aromatic N) is 1. The largest absolute Gasteiger partial charge is 0.500 e. The van der Waals surface area contributed by atoms with Gasteiger partial charge < -0.3 is 13.3 Å². The highest BCUT2D eigenvalue weighted by Gasteiger charge is 2.39. The maximum absolute atomic E-state index is 5.83. The van der Waals surface area contributed by atoms with Gasteiger partial charge in [0.05, 0.1) is 0 Å². The van der Waals surface area contributed by atoms with Crippen LogP contribution in [0.15, 0.2) is 4.99 Å². The first-order chi connectivity index (χ1) is 9.55. The molecule has 0 aliphatic heterocycles. The van der Waals surface area contributed by atoms with E-state index in [-0.39, 0.29) is 0 Å². The Morgan fingerprint density at radius 3 is 1.90 bits per heavy atom. The molecule has 0 aliphatic rings. The number of hydrogen-bond acceptors (Lipinski definition) is 4. The van der Waals surface area contributed by atoms with E-state index in [0.29, 0.717) is 25.7 Å². The van der Waals surface area contributed by atoms with Crippen LogP contribution in [0.2, 0.25) is 6.04 Å². The van der Waals surface area contributed by atoms with Crippen molar-refractivity contribution in [2.45, 2.75) is 60.4 Å². The molecule has 5 heteroatoms. The minimum absolute atomic E-state index is 0.572. The minimum atomic E-state index is -2.47. The van der Waals surface area contributed by atoms with Crippen LogP contribution >= 0.6 is 0 Å². The van der Waals surface area contributed by atoms with Crippen LogP contribution < -0.4 is 0 Å². The Morgan fingerprint density at radius 2 is 1.50 bits per heavy atom. The van der Waals surface area contributed by atoms with Crippen LogP contribution in [-0.4, -0.2) is 40.9 Å². The van der Waals surface area contributed by atoms with E-state index >= 15 is 0 Å². The molecule has 0 saturated heterocycles. The highest BCUT2D eigenvalue weighted by Crippen LogP contribution is 2.18. The predicted molar refractivity (Wildman–Crippen MR) is 87.5 cm³/mol. The summed E-state index contributed by atoms with van der Waals surface area (Å²) in [6.45, 7) is 15.3. The molecule has 0 rings (SSSR count). The SMILES string of the molecule is CCO[Si](CCCN=C(C)C(C)CC)(OCC)OCC. The molecule has 0 aromatic carbocycles. The lowest BCUT2D eigenvalue weighted by Crippen LogP contribution is -2.46. The molecule has 0 aromatic heterocycles. The molecule has 20 heavy (non-hydrogen) atoms. The van der Waals surface area contributed by atoms with Crippen LogP contribution in [-0.2, 0) is 13.3 Å². The fourth-order valence-corrected chi connectivity index (χ4v) is 4.60.